The second-order valence-corrected chi connectivity index (χ2v) is 7.37. The van der Waals surface area contributed by atoms with Crippen molar-refractivity contribution in [1.29, 1.82) is 0 Å². The van der Waals surface area contributed by atoms with E-state index in [1.54, 1.807) is 6.92 Å². The van der Waals surface area contributed by atoms with Crippen LogP contribution in [0, 0.1) is 16.7 Å². The summed E-state index contributed by atoms with van der Waals surface area (Å²) in [4.78, 5) is 12.1. The standard InChI is InChI=1S/C14H27N3O2/c1-9(11(15)17-19)12(18)16-10-6-13(2,3)8-14(4,5)7-10/h9-10,19H,6-8H2,1-5H3,(H2,15,17)(H,16,18). The maximum Gasteiger partial charge on any atom is 0.230 e. The normalized spacial score (nSPS) is 24.8. The van der Waals surface area contributed by atoms with Crippen LogP contribution in [0.25, 0.3) is 0 Å². The van der Waals surface area contributed by atoms with Gasteiger partial charge in [0.15, 0.2) is 5.84 Å². The summed E-state index contributed by atoms with van der Waals surface area (Å²) >= 11 is 0. The molecule has 1 unspecified atom stereocenters. The summed E-state index contributed by atoms with van der Waals surface area (Å²) in [5.74, 6) is -0.821. The van der Waals surface area contributed by atoms with Crippen LogP contribution in [0.4, 0.5) is 0 Å². The van der Waals surface area contributed by atoms with Crippen molar-refractivity contribution in [2.75, 3.05) is 0 Å². The number of nitrogens with one attached hydrogen (secondary N) is 1. The van der Waals surface area contributed by atoms with Gasteiger partial charge >= 0.3 is 0 Å². The molecule has 1 saturated carbocycles. The van der Waals surface area contributed by atoms with E-state index in [1.807, 2.05) is 0 Å². The molecule has 0 radical (unpaired) electrons. The summed E-state index contributed by atoms with van der Waals surface area (Å²) in [6.45, 7) is 10.6. The predicted octanol–water partition coefficient (Wildman–Crippen LogP) is 2.09. The molecule has 5 heteroatoms. The van der Waals surface area contributed by atoms with Crippen LogP contribution in [0.5, 0.6) is 0 Å². The van der Waals surface area contributed by atoms with E-state index in [2.05, 4.69) is 38.2 Å². The number of carbonyl (C=O) groups is 1. The average Bonchev–Trinajstić information content (AvgIpc) is 2.22. The molecule has 1 aliphatic carbocycles. The van der Waals surface area contributed by atoms with Gasteiger partial charge in [-0.1, -0.05) is 32.9 Å². The lowest BCUT2D eigenvalue weighted by Gasteiger charge is -2.45. The van der Waals surface area contributed by atoms with Crippen molar-refractivity contribution in [3.63, 3.8) is 0 Å². The number of amidine groups is 1. The van der Waals surface area contributed by atoms with Gasteiger partial charge in [-0.25, -0.2) is 0 Å². The lowest BCUT2D eigenvalue weighted by Crippen LogP contribution is -2.48. The highest BCUT2D eigenvalue weighted by molar-refractivity contribution is 6.01. The zero-order valence-electron chi connectivity index (χ0n) is 12.7. The minimum atomic E-state index is -0.599. The second kappa shape index (κ2) is 5.39. The molecule has 0 heterocycles. The third kappa shape index (κ3) is 4.40. The zero-order valence-corrected chi connectivity index (χ0v) is 12.7. The minimum absolute atomic E-state index is 0.0492. The van der Waals surface area contributed by atoms with Crippen LogP contribution in [0.15, 0.2) is 5.16 Å². The monoisotopic (exact) mass is 269 g/mol. The van der Waals surface area contributed by atoms with Crippen LogP contribution in [-0.4, -0.2) is 23.0 Å². The first kappa shape index (κ1) is 15.8. The Kier molecular flexibility index (Phi) is 4.48. The number of nitrogens with zero attached hydrogens (tertiary/aromatic N) is 1. The summed E-state index contributed by atoms with van der Waals surface area (Å²) in [6.07, 6.45) is 3.08. The molecule has 0 aromatic carbocycles. The number of carbonyl (C=O) groups excluding carboxylic acids is 1. The molecule has 5 nitrogen and oxygen atoms in total. The van der Waals surface area contributed by atoms with Crippen LogP contribution < -0.4 is 11.1 Å². The maximum atomic E-state index is 12.1. The molecule has 0 aromatic rings. The molecule has 19 heavy (non-hydrogen) atoms. The van der Waals surface area contributed by atoms with E-state index in [9.17, 15) is 4.79 Å². The summed E-state index contributed by atoms with van der Waals surface area (Å²) in [5, 5.41) is 14.5. The largest absolute Gasteiger partial charge is 0.409 e. The van der Waals surface area contributed by atoms with E-state index < -0.39 is 5.92 Å². The molecule has 0 aromatic heterocycles. The highest BCUT2D eigenvalue weighted by atomic mass is 16.4. The van der Waals surface area contributed by atoms with E-state index >= 15 is 0 Å². The number of rotatable bonds is 3. The lowest BCUT2D eigenvalue weighted by molar-refractivity contribution is -0.124. The molecule has 0 aliphatic heterocycles. The van der Waals surface area contributed by atoms with Gasteiger partial charge in [0.05, 0.1) is 5.92 Å². The fraction of sp³-hybridized carbons (Fsp3) is 0.857. The third-order valence-corrected chi connectivity index (χ3v) is 3.85. The van der Waals surface area contributed by atoms with E-state index in [0.29, 0.717) is 0 Å². The SMILES string of the molecule is CC(C(=O)NC1CC(C)(C)CC(C)(C)C1)C(N)=NO. The molecule has 1 fully saturated rings. The van der Waals surface area contributed by atoms with Gasteiger partial charge in [0, 0.05) is 6.04 Å². The van der Waals surface area contributed by atoms with Gasteiger partial charge in [0.25, 0.3) is 0 Å². The fourth-order valence-electron chi connectivity index (χ4n) is 3.50. The van der Waals surface area contributed by atoms with Crippen molar-refractivity contribution >= 4 is 11.7 Å². The molecule has 0 bridgehead atoms. The van der Waals surface area contributed by atoms with E-state index in [1.165, 1.54) is 0 Å². The highest BCUT2D eigenvalue weighted by Gasteiger charge is 2.39. The number of hydrogen-bond donors (Lipinski definition) is 3. The third-order valence-electron chi connectivity index (χ3n) is 3.85. The van der Waals surface area contributed by atoms with Crippen molar-refractivity contribution in [3.05, 3.63) is 0 Å². The van der Waals surface area contributed by atoms with Crippen molar-refractivity contribution in [1.82, 2.24) is 5.32 Å². The van der Waals surface area contributed by atoms with Gasteiger partial charge in [-0.2, -0.15) is 0 Å². The Bertz CT molecular complexity index is 359. The van der Waals surface area contributed by atoms with Gasteiger partial charge in [-0.05, 0) is 37.0 Å². The Morgan fingerprint density at radius 3 is 2.21 bits per heavy atom. The van der Waals surface area contributed by atoms with E-state index in [4.69, 9.17) is 10.9 Å². The maximum absolute atomic E-state index is 12.1. The first-order valence-electron chi connectivity index (χ1n) is 6.84. The first-order valence-corrected chi connectivity index (χ1v) is 6.84. The van der Waals surface area contributed by atoms with Crippen LogP contribution in [-0.2, 0) is 4.79 Å². The van der Waals surface area contributed by atoms with Gasteiger partial charge in [0.1, 0.15) is 0 Å². The molecule has 1 rings (SSSR count). The van der Waals surface area contributed by atoms with Gasteiger partial charge < -0.3 is 16.3 Å². The van der Waals surface area contributed by atoms with Gasteiger partial charge in [0.2, 0.25) is 5.91 Å². The van der Waals surface area contributed by atoms with Gasteiger partial charge in [-0.3, -0.25) is 4.79 Å². The molecule has 4 N–H and O–H groups in total. The number of amides is 1. The van der Waals surface area contributed by atoms with Crippen molar-refractivity contribution in [2.45, 2.75) is 59.9 Å². The average molecular weight is 269 g/mol. The van der Waals surface area contributed by atoms with Crippen LogP contribution in [0.1, 0.15) is 53.9 Å². The van der Waals surface area contributed by atoms with Crippen molar-refractivity contribution in [2.24, 2.45) is 27.6 Å². The van der Waals surface area contributed by atoms with Crippen LogP contribution >= 0.6 is 0 Å². The second-order valence-electron chi connectivity index (χ2n) is 7.37. The molecule has 1 amide bonds. The van der Waals surface area contributed by atoms with Crippen LogP contribution in [0.2, 0.25) is 0 Å². The summed E-state index contributed by atoms with van der Waals surface area (Å²) in [7, 11) is 0. The number of hydrogen-bond acceptors (Lipinski definition) is 3. The highest BCUT2D eigenvalue weighted by Crippen LogP contribution is 2.45. The fourth-order valence-corrected chi connectivity index (χ4v) is 3.50. The molecular weight excluding hydrogens is 242 g/mol. The quantitative estimate of drug-likeness (QED) is 0.317. The van der Waals surface area contributed by atoms with Gasteiger partial charge in [-0.15, -0.1) is 0 Å². The summed E-state index contributed by atoms with van der Waals surface area (Å²) in [6, 6.07) is 0.153. The smallest absolute Gasteiger partial charge is 0.230 e. The topological polar surface area (TPSA) is 87.7 Å². The molecule has 110 valence electrons. The molecule has 1 aliphatic rings. The molecule has 1 atom stereocenters. The predicted molar refractivity (Wildman–Crippen MR) is 75.9 cm³/mol. The van der Waals surface area contributed by atoms with Crippen LogP contribution in [0.3, 0.4) is 0 Å². The Labute approximate surface area is 115 Å². The molecular formula is C14H27N3O2. The van der Waals surface area contributed by atoms with Crippen molar-refractivity contribution < 1.29 is 10.0 Å². The summed E-state index contributed by atoms with van der Waals surface area (Å²) in [5.41, 5.74) is 5.91. The Morgan fingerprint density at radius 2 is 1.79 bits per heavy atom. The van der Waals surface area contributed by atoms with E-state index in [0.717, 1.165) is 19.3 Å². The zero-order chi connectivity index (χ0) is 14.8. The van der Waals surface area contributed by atoms with E-state index in [-0.39, 0.29) is 28.6 Å². The minimum Gasteiger partial charge on any atom is -0.409 e. The lowest BCUT2D eigenvalue weighted by atomic mass is 9.63. The Morgan fingerprint density at radius 1 is 1.32 bits per heavy atom. The number of nitrogens with two attached hydrogens (primary N) is 1. The summed E-state index contributed by atoms with van der Waals surface area (Å²) < 4.78 is 0. The molecule has 0 saturated heterocycles. The molecule has 0 spiro atoms. The number of oxime groups is 1. The van der Waals surface area contributed by atoms with Crippen molar-refractivity contribution in [3.8, 4) is 0 Å². The Balaban J connectivity index is 2.69. The first-order chi connectivity index (χ1) is 8.56. The Hall–Kier alpha value is -1.26.